The van der Waals surface area contributed by atoms with E-state index in [0.717, 1.165) is 31.2 Å². The van der Waals surface area contributed by atoms with Crippen LogP contribution in [0.15, 0.2) is 48.5 Å². The Kier molecular flexibility index (Phi) is 6.02. The molecule has 2 fully saturated rings. The van der Waals surface area contributed by atoms with Crippen LogP contribution in [-0.2, 0) is 9.59 Å². The van der Waals surface area contributed by atoms with Crippen LogP contribution >= 0.6 is 0 Å². The third-order valence-electron chi connectivity index (χ3n) is 6.17. The van der Waals surface area contributed by atoms with E-state index in [1.165, 1.54) is 18.6 Å². The molecule has 158 valence electrons. The van der Waals surface area contributed by atoms with E-state index in [0.29, 0.717) is 11.4 Å². The molecule has 0 radical (unpaired) electrons. The first-order chi connectivity index (χ1) is 14.6. The van der Waals surface area contributed by atoms with Crippen molar-refractivity contribution in [3.63, 3.8) is 0 Å². The number of hydrogen-bond donors (Lipinski definition) is 1. The smallest absolute Gasteiger partial charge is 0.228 e. The van der Waals surface area contributed by atoms with Crippen LogP contribution in [0.3, 0.4) is 0 Å². The maximum absolute atomic E-state index is 13.5. The Morgan fingerprint density at radius 2 is 1.70 bits per heavy atom. The minimum atomic E-state index is -0.521. The number of benzene rings is 2. The molecule has 2 aromatic carbocycles. The second kappa shape index (κ2) is 8.86. The molecule has 1 saturated heterocycles. The second-order valence-corrected chi connectivity index (χ2v) is 8.11. The molecule has 2 aliphatic rings. The fourth-order valence-corrected chi connectivity index (χ4v) is 4.61. The highest BCUT2D eigenvalue weighted by Gasteiger charge is 2.45. The standard InChI is InChI=1S/C24H27FN2O3/c1-30-20-13-11-19(12-14-20)27-22(28)15-21(23(27)16-7-9-17(25)10-8-16)24(29)26-18-5-3-2-4-6-18/h7-14,18,21,23H,2-6,15H2,1H3,(H,26,29)/t21-,23+/m1/s1. The van der Waals surface area contributed by atoms with Crippen LogP contribution in [0.1, 0.15) is 50.1 Å². The highest BCUT2D eigenvalue weighted by Crippen LogP contribution is 2.42. The van der Waals surface area contributed by atoms with Gasteiger partial charge in [-0.3, -0.25) is 9.59 Å². The van der Waals surface area contributed by atoms with Gasteiger partial charge in [0.1, 0.15) is 11.6 Å². The van der Waals surface area contributed by atoms with Crippen LogP contribution in [0.5, 0.6) is 5.75 Å². The predicted octanol–water partition coefficient (Wildman–Crippen LogP) is 4.38. The van der Waals surface area contributed by atoms with Gasteiger partial charge in [-0.15, -0.1) is 0 Å². The highest BCUT2D eigenvalue weighted by molar-refractivity contribution is 6.01. The summed E-state index contributed by atoms with van der Waals surface area (Å²) in [7, 11) is 1.59. The zero-order valence-corrected chi connectivity index (χ0v) is 17.1. The number of carbonyl (C=O) groups is 2. The van der Waals surface area contributed by atoms with Gasteiger partial charge in [0.25, 0.3) is 0 Å². The van der Waals surface area contributed by atoms with Crippen molar-refractivity contribution in [1.82, 2.24) is 5.32 Å². The van der Waals surface area contributed by atoms with Gasteiger partial charge in [-0.1, -0.05) is 31.4 Å². The molecule has 1 saturated carbocycles. The van der Waals surface area contributed by atoms with Gasteiger partial charge < -0.3 is 15.0 Å². The van der Waals surface area contributed by atoms with E-state index < -0.39 is 12.0 Å². The highest BCUT2D eigenvalue weighted by atomic mass is 19.1. The molecule has 1 heterocycles. The number of nitrogens with zero attached hydrogens (tertiary/aromatic N) is 1. The van der Waals surface area contributed by atoms with Gasteiger partial charge in [0.05, 0.1) is 19.1 Å². The molecule has 0 bridgehead atoms. The van der Waals surface area contributed by atoms with Crippen LogP contribution in [0.25, 0.3) is 0 Å². The van der Waals surface area contributed by atoms with Gasteiger partial charge in [0.15, 0.2) is 0 Å². The van der Waals surface area contributed by atoms with Gasteiger partial charge in [-0.05, 0) is 54.8 Å². The van der Waals surface area contributed by atoms with E-state index in [1.54, 1.807) is 36.3 Å². The summed E-state index contributed by atoms with van der Waals surface area (Å²) in [5.74, 6) is -0.386. The van der Waals surface area contributed by atoms with Gasteiger partial charge in [0, 0.05) is 18.2 Å². The first kappa shape index (κ1) is 20.4. The van der Waals surface area contributed by atoms with E-state index in [9.17, 15) is 14.0 Å². The average Bonchev–Trinajstić information content (AvgIpc) is 3.12. The molecule has 5 nitrogen and oxygen atoms in total. The first-order valence-corrected chi connectivity index (χ1v) is 10.6. The van der Waals surface area contributed by atoms with E-state index in [-0.39, 0.29) is 30.1 Å². The van der Waals surface area contributed by atoms with Crippen molar-refractivity contribution in [1.29, 1.82) is 0 Å². The van der Waals surface area contributed by atoms with Gasteiger partial charge in [-0.2, -0.15) is 0 Å². The molecule has 4 rings (SSSR count). The van der Waals surface area contributed by atoms with Gasteiger partial charge in [0.2, 0.25) is 11.8 Å². The van der Waals surface area contributed by atoms with Crippen molar-refractivity contribution < 1.29 is 18.7 Å². The lowest BCUT2D eigenvalue weighted by atomic mass is 9.90. The Balaban J connectivity index is 1.65. The van der Waals surface area contributed by atoms with Crippen molar-refractivity contribution in [2.24, 2.45) is 5.92 Å². The summed E-state index contributed by atoms with van der Waals surface area (Å²) < 4.78 is 18.8. The zero-order chi connectivity index (χ0) is 21.1. The Bertz CT molecular complexity index is 892. The SMILES string of the molecule is COc1ccc(N2C(=O)C[C@@H](C(=O)NC3CCCCC3)[C@@H]2c2ccc(F)cc2)cc1. The third kappa shape index (κ3) is 4.18. The molecular formula is C24H27FN2O3. The van der Waals surface area contributed by atoms with Gasteiger partial charge >= 0.3 is 0 Å². The van der Waals surface area contributed by atoms with Gasteiger partial charge in [-0.25, -0.2) is 4.39 Å². The summed E-state index contributed by atoms with van der Waals surface area (Å²) in [6, 6.07) is 13.0. The summed E-state index contributed by atoms with van der Waals surface area (Å²) in [6.45, 7) is 0. The summed E-state index contributed by atoms with van der Waals surface area (Å²) in [5, 5.41) is 3.17. The number of hydrogen-bond acceptors (Lipinski definition) is 3. The number of halogens is 1. The summed E-state index contributed by atoms with van der Waals surface area (Å²) in [4.78, 5) is 27.9. The topological polar surface area (TPSA) is 58.6 Å². The summed E-state index contributed by atoms with van der Waals surface area (Å²) in [6.07, 6.45) is 5.54. The van der Waals surface area contributed by atoms with E-state index >= 15 is 0 Å². The lowest BCUT2D eigenvalue weighted by Gasteiger charge is -2.30. The Hall–Kier alpha value is -2.89. The van der Waals surface area contributed by atoms with Crippen LogP contribution in [0.2, 0.25) is 0 Å². The number of methoxy groups -OCH3 is 1. The monoisotopic (exact) mass is 410 g/mol. The Morgan fingerprint density at radius 1 is 1.03 bits per heavy atom. The number of rotatable bonds is 5. The zero-order valence-electron chi connectivity index (χ0n) is 17.1. The molecule has 6 heteroatoms. The minimum Gasteiger partial charge on any atom is -0.497 e. The fourth-order valence-electron chi connectivity index (χ4n) is 4.61. The van der Waals surface area contributed by atoms with E-state index in [2.05, 4.69) is 5.32 Å². The fraction of sp³-hybridized carbons (Fsp3) is 0.417. The lowest BCUT2D eigenvalue weighted by Crippen LogP contribution is -2.41. The third-order valence-corrected chi connectivity index (χ3v) is 6.17. The molecular weight excluding hydrogens is 383 g/mol. The molecule has 1 N–H and O–H groups in total. The van der Waals surface area contributed by atoms with Crippen LogP contribution in [-0.4, -0.2) is 25.0 Å². The largest absolute Gasteiger partial charge is 0.497 e. The van der Waals surface area contributed by atoms with Crippen molar-refractivity contribution in [2.75, 3.05) is 12.0 Å². The molecule has 30 heavy (non-hydrogen) atoms. The van der Waals surface area contributed by atoms with E-state index in [1.807, 2.05) is 12.1 Å². The molecule has 2 amide bonds. The van der Waals surface area contributed by atoms with Crippen molar-refractivity contribution >= 4 is 17.5 Å². The molecule has 0 unspecified atom stereocenters. The Morgan fingerprint density at radius 3 is 2.33 bits per heavy atom. The summed E-state index contributed by atoms with van der Waals surface area (Å²) in [5.41, 5.74) is 1.45. The number of anilines is 1. The molecule has 1 aliphatic heterocycles. The minimum absolute atomic E-state index is 0.0967. The van der Waals surface area contributed by atoms with Crippen LogP contribution in [0, 0.1) is 11.7 Å². The maximum Gasteiger partial charge on any atom is 0.228 e. The second-order valence-electron chi connectivity index (χ2n) is 8.11. The van der Waals surface area contributed by atoms with Crippen molar-refractivity contribution in [2.45, 2.75) is 50.6 Å². The average molecular weight is 410 g/mol. The van der Waals surface area contributed by atoms with E-state index in [4.69, 9.17) is 4.74 Å². The maximum atomic E-state index is 13.5. The molecule has 1 aliphatic carbocycles. The first-order valence-electron chi connectivity index (χ1n) is 10.6. The van der Waals surface area contributed by atoms with Crippen LogP contribution < -0.4 is 15.0 Å². The number of nitrogens with one attached hydrogen (secondary N) is 1. The predicted molar refractivity (Wildman–Crippen MR) is 113 cm³/mol. The summed E-state index contributed by atoms with van der Waals surface area (Å²) >= 11 is 0. The number of amides is 2. The van der Waals surface area contributed by atoms with Crippen LogP contribution in [0.4, 0.5) is 10.1 Å². The lowest BCUT2D eigenvalue weighted by molar-refractivity contribution is -0.127. The molecule has 0 spiro atoms. The molecule has 0 aromatic heterocycles. The van der Waals surface area contributed by atoms with Crippen molar-refractivity contribution in [3.05, 3.63) is 59.9 Å². The number of carbonyl (C=O) groups excluding carboxylic acids is 2. The number of ether oxygens (including phenoxy) is 1. The normalized spacial score (nSPS) is 22.2. The van der Waals surface area contributed by atoms with Crippen molar-refractivity contribution in [3.8, 4) is 5.75 Å². The quantitative estimate of drug-likeness (QED) is 0.796. The molecule has 2 aromatic rings. The Labute approximate surface area is 176 Å². The molecule has 2 atom stereocenters.